The molecule has 6 N–H and O–H groups in total. The first-order valence-corrected chi connectivity index (χ1v) is 19.9. The van der Waals surface area contributed by atoms with Gasteiger partial charge >= 0.3 is 11.9 Å². The molecule has 0 amide bonds. The average molecular weight is 1020 g/mol. The van der Waals surface area contributed by atoms with E-state index < -0.39 is 42.1 Å². The van der Waals surface area contributed by atoms with E-state index in [9.17, 15) is 38.4 Å². The number of nitrogens with two attached hydrogens (primary N) is 2. The third kappa shape index (κ3) is 33.6. The summed E-state index contributed by atoms with van der Waals surface area (Å²) in [7, 11) is 7.36. The van der Waals surface area contributed by atoms with E-state index in [1.165, 1.54) is 31.2 Å². The van der Waals surface area contributed by atoms with Gasteiger partial charge in [0.25, 0.3) is 23.9 Å². The van der Waals surface area contributed by atoms with E-state index in [0.717, 1.165) is 31.4 Å². The van der Waals surface area contributed by atoms with Crippen molar-refractivity contribution in [2.75, 3.05) is 13.1 Å². The Balaban J connectivity index is -0.000000159. The van der Waals surface area contributed by atoms with Gasteiger partial charge in [-0.15, -0.1) is 25.7 Å². The number of carboxylic acid groups (broad SMARTS) is 2. The Morgan fingerprint density at radius 1 is 0.581 bits per heavy atom. The summed E-state index contributed by atoms with van der Waals surface area (Å²) in [6.45, 7) is 4.70. The Hall–Kier alpha value is -5.13. The molecule has 0 saturated carbocycles. The van der Waals surface area contributed by atoms with Crippen LogP contribution in [0.3, 0.4) is 0 Å². The fourth-order valence-electron chi connectivity index (χ4n) is 3.00. The summed E-state index contributed by atoms with van der Waals surface area (Å²) in [5, 5.41) is 13.6. The lowest BCUT2D eigenvalue weighted by Crippen LogP contribution is -2.11. The molecule has 0 spiro atoms. The van der Waals surface area contributed by atoms with Crippen molar-refractivity contribution < 1.29 is 79.9 Å². The predicted molar refractivity (Wildman–Crippen MR) is 231 cm³/mol. The van der Waals surface area contributed by atoms with E-state index in [2.05, 4.69) is 70.1 Å². The van der Waals surface area contributed by atoms with Gasteiger partial charge in [-0.05, 0) is 101 Å². The minimum absolute atomic E-state index is 0.0176. The molecule has 344 valence electrons. The zero-order valence-electron chi connectivity index (χ0n) is 34.0. The second kappa shape index (κ2) is 41.2. The molecule has 0 saturated heterocycles. The van der Waals surface area contributed by atoms with Crippen molar-refractivity contribution in [2.45, 2.75) is 39.5 Å². The van der Waals surface area contributed by atoms with Gasteiger partial charge < -0.3 is 39.3 Å². The van der Waals surface area contributed by atoms with Crippen LogP contribution in [0.15, 0.2) is 66.2 Å². The summed E-state index contributed by atoms with van der Waals surface area (Å²) in [5.41, 5.74) is 9.81. The maximum absolute atomic E-state index is 11.6. The second-order valence-electron chi connectivity index (χ2n) is 9.56. The molecule has 0 bridgehead atoms. The summed E-state index contributed by atoms with van der Waals surface area (Å²) >= 11 is 20.1. The van der Waals surface area contributed by atoms with Gasteiger partial charge in [0.05, 0.1) is 0 Å². The van der Waals surface area contributed by atoms with Crippen LogP contribution in [-0.4, -0.2) is 74.9 Å². The molecule has 0 aromatic carbocycles. The Bertz CT molecular complexity index is 1810. The lowest BCUT2D eigenvalue weighted by Gasteiger charge is -1.96. The van der Waals surface area contributed by atoms with Crippen LogP contribution in [0.1, 0.15) is 124 Å². The van der Waals surface area contributed by atoms with Crippen LogP contribution in [0.4, 0.5) is 9.44 Å². The molecule has 0 radical (unpaired) electrons. The van der Waals surface area contributed by atoms with Crippen LogP contribution in [0.25, 0.3) is 0 Å². The van der Waals surface area contributed by atoms with Crippen LogP contribution >= 0.6 is 67.8 Å². The van der Waals surface area contributed by atoms with E-state index in [4.69, 9.17) is 86.1 Å². The molecule has 0 atom stereocenters. The number of carboxylic acids is 2. The topological polar surface area (TPSA) is 299 Å². The highest BCUT2D eigenvalue weighted by Crippen LogP contribution is 2.14. The zero-order chi connectivity index (χ0) is 51.5. The van der Waals surface area contributed by atoms with E-state index in [0.29, 0.717) is 25.3 Å². The lowest BCUT2D eigenvalue weighted by atomic mass is 10.1. The highest BCUT2D eigenvalue weighted by atomic mass is 36.0. The molecule has 17 nitrogen and oxygen atoms in total. The summed E-state index contributed by atoms with van der Waals surface area (Å²) in [6, 6.07) is 10.4. The van der Waals surface area contributed by atoms with Gasteiger partial charge in [0, 0.05) is 47.8 Å². The molecular formula is C36H38Cl6F2N2O15S. The third-order valence-electron chi connectivity index (χ3n) is 5.42. The normalized spacial score (nSPS) is 8.92. The van der Waals surface area contributed by atoms with Crippen LogP contribution in [-0.2, 0) is 9.23 Å². The van der Waals surface area contributed by atoms with Crippen LogP contribution in [0.2, 0.25) is 0 Å². The maximum Gasteiger partial charge on any atom is 0.371 e. The summed E-state index contributed by atoms with van der Waals surface area (Å²) in [6.07, 6.45) is 19.5. The number of terminal acetylenes is 2. The molecule has 4 rings (SSSR count). The first-order valence-electron chi connectivity index (χ1n) is 16.4. The highest BCUT2D eigenvalue weighted by molar-refractivity contribution is 8.26. The fourth-order valence-corrected chi connectivity index (χ4v) is 3.41. The number of aromatic carboxylic acids is 2. The number of Topliss-reactive ketones (excluding diaryl/α,β-unsaturated/α-hetero) is 2. The predicted octanol–water partition coefficient (Wildman–Crippen LogP) is 8.75. The van der Waals surface area contributed by atoms with Gasteiger partial charge in [-0.25, -0.2) is 13.8 Å². The third-order valence-corrected chi connectivity index (χ3v) is 6.16. The number of carbonyl (C=O) groups excluding carboxylic acids is 6. The van der Waals surface area contributed by atoms with Crippen molar-refractivity contribution in [3.8, 4) is 25.7 Å². The van der Waals surface area contributed by atoms with Crippen LogP contribution in [0, 0.1) is 25.7 Å². The van der Waals surface area contributed by atoms with Crippen molar-refractivity contribution in [1.29, 1.82) is 2.90 Å². The van der Waals surface area contributed by atoms with Crippen LogP contribution < -0.4 is 11.5 Å². The van der Waals surface area contributed by atoms with Crippen LogP contribution in [0.5, 0.6) is 0 Å². The second-order valence-corrected chi connectivity index (χ2v) is 13.5. The number of ketones is 2. The Kier molecular flexibility index (Phi) is 42.2. The number of carbonyl (C=O) groups is 8. The smallest absolute Gasteiger partial charge is 0.371 e. The molecule has 4 aromatic rings. The molecule has 0 fully saturated rings. The van der Waals surface area contributed by atoms with Gasteiger partial charge in [-0.3, -0.25) is 38.2 Å². The van der Waals surface area contributed by atoms with Crippen molar-refractivity contribution in [1.82, 2.24) is 0 Å². The molecule has 4 heterocycles. The highest BCUT2D eigenvalue weighted by Gasteiger charge is 2.15. The standard InChI is InChI=1S/C12H16O3.2C6H2Cl2O3.C6H4O5.C2H8N2.2C2H2.Cl2OS.2FH/c1-3-4-5-6-10(14)12-8-7-11(15-12)9(2)13;2*7-5(9)3-1-2-4(11-3)6(8)10;7-5(8)3-1-2-4(11-3)6(9)10;3-1-2-4;2*1-2;1-4(2)3;;/h7-8H,3-6H2,1-2H3;2*1-2H;1-2H,(H,7,8)(H,9,10);1-4H2;2*1-2H;;2*1H/i/hD2. The van der Waals surface area contributed by atoms with Gasteiger partial charge in [0.2, 0.25) is 20.7 Å². The Morgan fingerprint density at radius 3 is 1.02 bits per heavy atom. The molecular weight excluding hydrogens is 983 g/mol. The molecule has 0 aliphatic heterocycles. The van der Waals surface area contributed by atoms with E-state index in [1.54, 1.807) is 12.1 Å². The van der Waals surface area contributed by atoms with Gasteiger partial charge in [-0.2, -0.15) is 0 Å². The first-order chi connectivity index (χ1) is 30.1. The SMILES string of the molecule is C#C.C#C.CCCCCC(=O)c1ccc(C(C)=O)o1.NCCN.O=C(Cl)c1ccc(C(=O)Cl)o1.O=C(Cl)c1ccc(C(=O)Cl)o1.O=C(O)c1ccc(C(=O)O)o1.O=S(Cl)Cl.[2H]F.[2H]F. The number of halogens is 8. The lowest BCUT2D eigenvalue weighted by molar-refractivity contribution is 0.0629. The fraction of sp³-hybridized carbons (Fsp3) is 0.222. The van der Waals surface area contributed by atoms with Crippen molar-refractivity contribution in [2.24, 2.45) is 11.5 Å². The van der Waals surface area contributed by atoms with E-state index in [-0.39, 0.29) is 51.9 Å². The Morgan fingerprint density at radius 2 is 0.823 bits per heavy atom. The van der Waals surface area contributed by atoms with E-state index >= 15 is 0 Å². The Labute approximate surface area is 386 Å². The van der Waals surface area contributed by atoms with Crippen molar-refractivity contribution >= 4 is 121 Å². The minimum atomic E-state index is -1.67. The monoisotopic (exact) mass is 1020 g/mol. The quantitative estimate of drug-likeness (QED) is 0.0421. The van der Waals surface area contributed by atoms with E-state index in [1.807, 2.05) is 0 Å². The molecule has 0 aliphatic carbocycles. The number of furan rings is 4. The molecule has 4 aromatic heterocycles. The molecule has 26 heteroatoms. The van der Waals surface area contributed by atoms with Crippen molar-refractivity contribution in [3.05, 3.63) is 94.6 Å². The zero-order valence-corrected chi connectivity index (χ0v) is 37.3. The largest absolute Gasteiger partial charge is 0.475 e. The average Bonchev–Trinajstić information content (AvgIpc) is 4.12. The first kappa shape index (κ1) is 63.5. The summed E-state index contributed by atoms with van der Waals surface area (Å²) in [5.74, 6) is -3.26. The number of hydrogen-bond acceptors (Lipinski definition) is 15. The molecule has 62 heavy (non-hydrogen) atoms. The molecule has 0 aliphatic rings. The molecule has 0 unspecified atom stereocenters. The number of rotatable bonds is 13. The van der Waals surface area contributed by atoms with Gasteiger partial charge in [0.15, 0.2) is 46.1 Å². The summed E-state index contributed by atoms with van der Waals surface area (Å²) in [4.78, 5) is 84.4. The van der Waals surface area contributed by atoms with Gasteiger partial charge in [0.1, 0.15) is 0 Å². The number of unbranched alkanes of at least 4 members (excludes halogenated alkanes) is 2. The number of hydrogen-bond donors (Lipinski definition) is 4. The minimum Gasteiger partial charge on any atom is -0.475 e. The van der Waals surface area contributed by atoms with Gasteiger partial charge in [-0.1, -0.05) is 19.8 Å². The maximum atomic E-state index is 11.6. The van der Waals surface area contributed by atoms with Crippen molar-refractivity contribution in [3.63, 3.8) is 0 Å². The summed E-state index contributed by atoms with van der Waals surface area (Å²) < 4.78 is 53.9.